The molecule has 1 atom stereocenters. The zero-order valence-corrected chi connectivity index (χ0v) is 10.8. The molecule has 0 heterocycles. The Morgan fingerprint density at radius 3 is 2.74 bits per heavy atom. The first-order chi connectivity index (χ1) is 8.86. The number of methoxy groups -OCH3 is 1. The Hall–Kier alpha value is -1.86. The lowest BCUT2D eigenvalue weighted by atomic mass is 10.1. The van der Waals surface area contributed by atoms with Gasteiger partial charge >= 0.3 is 5.97 Å². The summed E-state index contributed by atoms with van der Waals surface area (Å²) in [6.45, 7) is 0.209. The summed E-state index contributed by atoms with van der Waals surface area (Å²) in [5, 5.41) is 18.5. The van der Waals surface area contributed by atoms with Crippen LogP contribution in [-0.4, -0.2) is 49.6 Å². The number of anilines is 2. The van der Waals surface area contributed by atoms with E-state index in [0.717, 1.165) is 12.1 Å². The first-order valence-electron chi connectivity index (χ1n) is 5.57. The van der Waals surface area contributed by atoms with Gasteiger partial charge < -0.3 is 25.6 Å². The SMILES string of the molecule is COCC(O)CN(C)c1cc(C(=O)O)c(N)cc1F. The second kappa shape index (κ2) is 6.35. The van der Waals surface area contributed by atoms with E-state index in [9.17, 15) is 14.3 Å². The topological polar surface area (TPSA) is 96.0 Å². The number of carboxylic acids is 1. The van der Waals surface area contributed by atoms with Crippen LogP contribution in [0.25, 0.3) is 0 Å². The first kappa shape index (κ1) is 15.2. The van der Waals surface area contributed by atoms with Crippen molar-refractivity contribution >= 4 is 17.3 Å². The number of aromatic carboxylic acids is 1. The lowest BCUT2D eigenvalue weighted by Gasteiger charge is -2.23. The van der Waals surface area contributed by atoms with Gasteiger partial charge in [0, 0.05) is 26.4 Å². The van der Waals surface area contributed by atoms with Gasteiger partial charge in [0.05, 0.1) is 24.0 Å². The number of nitrogen functional groups attached to an aromatic ring is 1. The zero-order chi connectivity index (χ0) is 14.6. The quantitative estimate of drug-likeness (QED) is 0.654. The van der Waals surface area contributed by atoms with Crippen molar-refractivity contribution in [2.45, 2.75) is 6.10 Å². The fourth-order valence-electron chi connectivity index (χ4n) is 1.71. The Morgan fingerprint density at radius 2 is 2.21 bits per heavy atom. The number of ether oxygens (including phenoxy) is 1. The van der Waals surface area contributed by atoms with Crippen molar-refractivity contribution in [2.24, 2.45) is 0 Å². The van der Waals surface area contributed by atoms with E-state index in [0.29, 0.717) is 0 Å². The lowest BCUT2D eigenvalue weighted by molar-refractivity contribution is 0.0694. The molecule has 0 saturated heterocycles. The van der Waals surface area contributed by atoms with Crippen LogP contribution in [0.5, 0.6) is 0 Å². The summed E-state index contributed by atoms with van der Waals surface area (Å²) in [7, 11) is 2.98. The summed E-state index contributed by atoms with van der Waals surface area (Å²) in [6.07, 6.45) is -0.805. The van der Waals surface area contributed by atoms with Gasteiger partial charge in [0.25, 0.3) is 0 Å². The number of rotatable bonds is 6. The second-order valence-corrected chi connectivity index (χ2v) is 4.19. The van der Waals surface area contributed by atoms with Crippen molar-refractivity contribution in [3.8, 4) is 0 Å². The van der Waals surface area contributed by atoms with Gasteiger partial charge in [-0.25, -0.2) is 9.18 Å². The average molecular weight is 272 g/mol. The van der Waals surface area contributed by atoms with Crippen LogP contribution in [0.15, 0.2) is 12.1 Å². The van der Waals surface area contributed by atoms with Crippen molar-refractivity contribution in [3.63, 3.8) is 0 Å². The second-order valence-electron chi connectivity index (χ2n) is 4.19. The van der Waals surface area contributed by atoms with Crippen LogP contribution in [0.4, 0.5) is 15.8 Å². The molecular weight excluding hydrogens is 255 g/mol. The Morgan fingerprint density at radius 1 is 1.58 bits per heavy atom. The summed E-state index contributed by atoms with van der Waals surface area (Å²) in [5.74, 6) is -1.88. The number of carbonyl (C=O) groups is 1. The Kier molecular flexibility index (Phi) is 5.08. The number of hydrogen-bond donors (Lipinski definition) is 3. The number of aliphatic hydroxyl groups is 1. The molecule has 0 aliphatic carbocycles. The minimum Gasteiger partial charge on any atom is -0.478 e. The maximum atomic E-state index is 13.8. The maximum Gasteiger partial charge on any atom is 0.337 e. The minimum absolute atomic E-state index is 0.0572. The summed E-state index contributed by atoms with van der Waals surface area (Å²) >= 11 is 0. The molecule has 0 spiro atoms. The largest absolute Gasteiger partial charge is 0.478 e. The fraction of sp³-hybridized carbons (Fsp3) is 0.417. The van der Waals surface area contributed by atoms with Crippen LogP contribution in [-0.2, 0) is 4.74 Å². The molecule has 0 amide bonds. The molecule has 0 aliphatic rings. The third-order valence-corrected chi connectivity index (χ3v) is 2.60. The summed E-state index contributed by atoms with van der Waals surface area (Å²) in [4.78, 5) is 12.3. The highest BCUT2D eigenvalue weighted by Crippen LogP contribution is 2.25. The Balaban J connectivity index is 2.99. The van der Waals surface area contributed by atoms with Gasteiger partial charge in [-0.1, -0.05) is 0 Å². The van der Waals surface area contributed by atoms with Gasteiger partial charge in [-0.05, 0) is 12.1 Å². The molecule has 0 saturated carbocycles. The normalized spacial score (nSPS) is 12.2. The van der Waals surface area contributed by atoms with E-state index < -0.39 is 17.9 Å². The molecule has 1 aromatic rings. The molecule has 1 rings (SSSR count). The summed E-state index contributed by atoms with van der Waals surface area (Å²) in [5.41, 5.74) is 5.17. The summed E-state index contributed by atoms with van der Waals surface area (Å²) < 4.78 is 18.5. The van der Waals surface area contributed by atoms with Gasteiger partial charge in [0.1, 0.15) is 5.82 Å². The van der Waals surface area contributed by atoms with E-state index in [-0.39, 0.29) is 30.1 Å². The Labute approximate surface area is 110 Å². The third kappa shape index (κ3) is 3.80. The highest BCUT2D eigenvalue weighted by atomic mass is 19.1. The maximum absolute atomic E-state index is 13.8. The number of carboxylic acid groups (broad SMARTS) is 1. The van der Waals surface area contributed by atoms with Crippen LogP contribution in [0.2, 0.25) is 0 Å². The monoisotopic (exact) mass is 272 g/mol. The smallest absolute Gasteiger partial charge is 0.337 e. The van der Waals surface area contributed by atoms with E-state index >= 15 is 0 Å². The number of likely N-dealkylation sites (N-methyl/N-ethyl adjacent to an activating group) is 1. The molecule has 106 valence electrons. The number of aliphatic hydroxyl groups excluding tert-OH is 1. The third-order valence-electron chi connectivity index (χ3n) is 2.60. The number of nitrogens with zero attached hydrogens (tertiary/aromatic N) is 1. The van der Waals surface area contributed by atoms with Crippen LogP contribution < -0.4 is 10.6 Å². The average Bonchev–Trinajstić information content (AvgIpc) is 2.28. The van der Waals surface area contributed by atoms with Crippen molar-refractivity contribution in [2.75, 3.05) is 37.9 Å². The van der Waals surface area contributed by atoms with Crippen molar-refractivity contribution in [1.29, 1.82) is 0 Å². The molecule has 0 fully saturated rings. The van der Waals surface area contributed by atoms with Gasteiger partial charge in [-0.3, -0.25) is 0 Å². The highest BCUT2D eigenvalue weighted by Gasteiger charge is 2.17. The molecule has 0 aromatic heterocycles. The number of hydrogen-bond acceptors (Lipinski definition) is 5. The van der Waals surface area contributed by atoms with E-state index in [1.165, 1.54) is 12.0 Å². The van der Waals surface area contributed by atoms with Gasteiger partial charge in [-0.2, -0.15) is 0 Å². The van der Waals surface area contributed by atoms with Crippen LogP contribution in [0.3, 0.4) is 0 Å². The van der Waals surface area contributed by atoms with Gasteiger partial charge in [-0.15, -0.1) is 0 Å². The molecular formula is C12H17FN2O4. The van der Waals surface area contributed by atoms with Crippen molar-refractivity contribution in [3.05, 3.63) is 23.5 Å². The van der Waals surface area contributed by atoms with E-state index in [4.69, 9.17) is 15.6 Å². The highest BCUT2D eigenvalue weighted by molar-refractivity contribution is 5.95. The molecule has 6 nitrogen and oxygen atoms in total. The lowest BCUT2D eigenvalue weighted by Crippen LogP contribution is -2.32. The predicted octanol–water partition coefficient (Wildman–Crippen LogP) is 0.550. The van der Waals surface area contributed by atoms with Crippen LogP contribution in [0.1, 0.15) is 10.4 Å². The van der Waals surface area contributed by atoms with E-state index in [1.807, 2.05) is 0 Å². The molecule has 0 aliphatic heterocycles. The molecule has 0 radical (unpaired) electrons. The van der Waals surface area contributed by atoms with Crippen LogP contribution >= 0.6 is 0 Å². The van der Waals surface area contributed by atoms with Crippen LogP contribution in [0, 0.1) is 5.82 Å². The first-order valence-corrected chi connectivity index (χ1v) is 5.57. The Bertz CT molecular complexity index is 467. The molecule has 7 heteroatoms. The van der Waals surface area contributed by atoms with E-state index in [2.05, 4.69) is 0 Å². The van der Waals surface area contributed by atoms with Crippen molar-refractivity contribution < 1.29 is 24.1 Å². The molecule has 19 heavy (non-hydrogen) atoms. The minimum atomic E-state index is -1.23. The molecule has 1 aromatic carbocycles. The zero-order valence-electron chi connectivity index (χ0n) is 10.8. The fourth-order valence-corrected chi connectivity index (χ4v) is 1.71. The number of benzene rings is 1. The molecule has 0 bridgehead atoms. The standard InChI is InChI=1S/C12H17FN2O4/c1-15(5-7(16)6-19-2)11-3-8(12(17)18)10(14)4-9(11)13/h3-4,7,16H,5-6,14H2,1-2H3,(H,17,18). The van der Waals surface area contributed by atoms with Gasteiger partial charge in [0.2, 0.25) is 0 Å². The van der Waals surface area contributed by atoms with E-state index in [1.54, 1.807) is 7.05 Å². The van der Waals surface area contributed by atoms with Gasteiger partial charge in [0.15, 0.2) is 0 Å². The summed E-state index contributed by atoms with van der Waals surface area (Å²) in [6, 6.07) is 2.10. The molecule has 1 unspecified atom stereocenters. The predicted molar refractivity (Wildman–Crippen MR) is 68.9 cm³/mol. The number of halogens is 1. The van der Waals surface area contributed by atoms with Crippen molar-refractivity contribution in [1.82, 2.24) is 0 Å². The number of nitrogens with two attached hydrogens (primary N) is 1. The molecule has 4 N–H and O–H groups in total.